The summed E-state index contributed by atoms with van der Waals surface area (Å²) in [5, 5.41) is 16.2. The van der Waals surface area contributed by atoms with Gasteiger partial charge in [0.05, 0.1) is 0 Å². The van der Waals surface area contributed by atoms with Crippen molar-refractivity contribution in [1.82, 2.24) is 24.7 Å². The van der Waals surface area contributed by atoms with Gasteiger partial charge in [-0.25, -0.2) is 4.68 Å². The molecule has 2 heterocycles. The molecule has 0 radical (unpaired) electrons. The van der Waals surface area contributed by atoms with E-state index >= 15 is 0 Å². The van der Waals surface area contributed by atoms with Gasteiger partial charge in [-0.05, 0) is 24.3 Å². The fourth-order valence-corrected chi connectivity index (χ4v) is 1.91. The third-order valence-corrected chi connectivity index (χ3v) is 3.09. The fourth-order valence-electron chi connectivity index (χ4n) is 1.91. The number of nitrogens with one attached hydrogen (secondary N) is 1. The van der Waals surface area contributed by atoms with Crippen LogP contribution in [0.5, 0.6) is 0 Å². The highest BCUT2D eigenvalue weighted by molar-refractivity contribution is 5.34. The minimum Gasteiger partial charge on any atom is -0.396 e. The van der Waals surface area contributed by atoms with Gasteiger partial charge >= 0.3 is 0 Å². The van der Waals surface area contributed by atoms with Crippen molar-refractivity contribution in [2.45, 2.75) is 26.7 Å². The van der Waals surface area contributed by atoms with E-state index in [-0.39, 0.29) is 18.0 Å². The van der Waals surface area contributed by atoms with Gasteiger partial charge in [-0.3, -0.25) is 0 Å². The van der Waals surface area contributed by atoms with Gasteiger partial charge in [0.1, 0.15) is 0 Å². The molecule has 0 spiro atoms. The summed E-state index contributed by atoms with van der Waals surface area (Å²) in [6, 6.07) is 1.78. The van der Waals surface area contributed by atoms with Crippen LogP contribution in [0.25, 0.3) is 5.95 Å². The van der Waals surface area contributed by atoms with Crippen molar-refractivity contribution in [3.8, 4) is 5.95 Å². The maximum absolute atomic E-state index is 8.91. The van der Waals surface area contributed by atoms with Gasteiger partial charge < -0.3 is 16.2 Å². The van der Waals surface area contributed by atoms with Crippen LogP contribution in [0.15, 0.2) is 18.5 Å². The lowest BCUT2D eigenvalue weighted by Crippen LogP contribution is -2.25. The zero-order valence-electron chi connectivity index (χ0n) is 12.3. The number of aromatic nitrogens is 5. The van der Waals surface area contributed by atoms with Gasteiger partial charge in [-0.2, -0.15) is 20.1 Å². The van der Waals surface area contributed by atoms with Gasteiger partial charge in [0.15, 0.2) is 0 Å². The summed E-state index contributed by atoms with van der Waals surface area (Å²) in [5.74, 6) is 0.944. The van der Waals surface area contributed by atoms with Crippen LogP contribution in [0.1, 0.15) is 26.7 Å². The standard InChI is InChI=1S/C13H21N7O/c1-13(2,5-3-8-21)9-15-11-17-10(14)18-12(19-11)20-7-4-6-16-20/h4,6-7,21H,3,5,8-9H2,1-2H3,(H3,14,15,17,18,19). The predicted molar refractivity (Wildman–Crippen MR) is 80.0 cm³/mol. The van der Waals surface area contributed by atoms with Crippen molar-refractivity contribution in [1.29, 1.82) is 0 Å². The smallest absolute Gasteiger partial charge is 0.257 e. The summed E-state index contributed by atoms with van der Waals surface area (Å²) in [6.45, 7) is 5.11. The minimum atomic E-state index is 0.0238. The third kappa shape index (κ3) is 4.38. The first-order valence-corrected chi connectivity index (χ1v) is 6.86. The molecule has 0 aliphatic heterocycles. The minimum absolute atomic E-state index is 0.0238. The summed E-state index contributed by atoms with van der Waals surface area (Å²) >= 11 is 0. The number of hydrogen-bond donors (Lipinski definition) is 3. The topological polar surface area (TPSA) is 115 Å². The molecule has 8 nitrogen and oxygen atoms in total. The normalized spacial score (nSPS) is 11.6. The van der Waals surface area contributed by atoms with E-state index in [9.17, 15) is 0 Å². The van der Waals surface area contributed by atoms with E-state index in [1.54, 1.807) is 18.5 Å². The largest absolute Gasteiger partial charge is 0.396 e. The molecule has 0 saturated heterocycles. The lowest BCUT2D eigenvalue weighted by molar-refractivity contribution is 0.247. The number of aliphatic hydroxyl groups is 1. The van der Waals surface area contributed by atoms with E-state index in [2.05, 4.69) is 39.2 Å². The van der Waals surface area contributed by atoms with Gasteiger partial charge in [-0.1, -0.05) is 13.8 Å². The molecule has 21 heavy (non-hydrogen) atoms. The van der Waals surface area contributed by atoms with E-state index in [1.165, 1.54) is 4.68 Å². The molecule has 0 saturated carbocycles. The first-order valence-electron chi connectivity index (χ1n) is 6.86. The van der Waals surface area contributed by atoms with Crippen molar-refractivity contribution < 1.29 is 5.11 Å². The second-order valence-corrected chi connectivity index (χ2v) is 5.61. The Labute approximate surface area is 123 Å². The molecule has 114 valence electrons. The number of nitrogen functional groups attached to an aromatic ring is 1. The van der Waals surface area contributed by atoms with Crippen LogP contribution < -0.4 is 11.1 Å². The molecule has 2 aromatic rings. The average molecular weight is 291 g/mol. The Hall–Kier alpha value is -2.22. The van der Waals surface area contributed by atoms with Gasteiger partial charge in [0, 0.05) is 25.5 Å². The number of hydrogen-bond acceptors (Lipinski definition) is 7. The lowest BCUT2D eigenvalue weighted by atomic mass is 9.88. The second kappa shape index (κ2) is 6.49. The van der Waals surface area contributed by atoms with E-state index < -0.39 is 0 Å². The summed E-state index contributed by atoms with van der Waals surface area (Å²) in [4.78, 5) is 12.4. The Balaban J connectivity index is 2.07. The van der Waals surface area contributed by atoms with E-state index in [4.69, 9.17) is 10.8 Å². The number of anilines is 2. The van der Waals surface area contributed by atoms with Gasteiger partial charge in [-0.15, -0.1) is 0 Å². The maximum atomic E-state index is 8.91. The number of aliphatic hydroxyl groups excluding tert-OH is 1. The van der Waals surface area contributed by atoms with Crippen LogP contribution in [-0.2, 0) is 0 Å². The summed E-state index contributed by atoms with van der Waals surface area (Å²) < 4.78 is 1.53. The maximum Gasteiger partial charge on any atom is 0.257 e. The molecular formula is C13H21N7O. The zero-order valence-corrected chi connectivity index (χ0v) is 12.3. The van der Waals surface area contributed by atoms with Crippen LogP contribution in [0.4, 0.5) is 11.9 Å². The molecule has 2 aromatic heterocycles. The molecule has 0 aromatic carbocycles. The molecule has 0 unspecified atom stereocenters. The summed E-state index contributed by atoms with van der Waals surface area (Å²) in [6.07, 6.45) is 5.06. The molecule has 0 aliphatic rings. The van der Waals surface area contributed by atoms with Crippen LogP contribution >= 0.6 is 0 Å². The number of nitrogens with zero attached hydrogens (tertiary/aromatic N) is 5. The molecule has 0 atom stereocenters. The van der Waals surface area contributed by atoms with Crippen LogP contribution in [0.2, 0.25) is 0 Å². The quantitative estimate of drug-likeness (QED) is 0.692. The van der Waals surface area contributed by atoms with Gasteiger partial charge in [0.25, 0.3) is 5.95 Å². The highest BCUT2D eigenvalue weighted by Crippen LogP contribution is 2.22. The molecular weight excluding hydrogens is 270 g/mol. The average Bonchev–Trinajstić information content (AvgIpc) is 2.97. The Bertz CT molecular complexity index is 568. The van der Waals surface area contributed by atoms with E-state index in [1.807, 2.05) is 0 Å². The SMILES string of the molecule is CC(C)(CCCO)CNc1nc(N)nc(-n2cccn2)n1. The monoisotopic (exact) mass is 291 g/mol. The third-order valence-electron chi connectivity index (χ3n) is 3.09. The summed E-state index contributed by atoms with van der Waals surface area (Å²) in [5.41, 5.74) is 5.73. The Morgan fingerprint density at radius 1 is 1.33 bits per heavy atom. The number of rotatable bonds is 7. The molecule has 0 bridgehead atoms. The van der Waals surface area contributed by atoms with Crippen molar-refractivity contribution in [2.24, 2.45) is 5.41 Å². The first kappa shape index (κ1) is 15.2. The summed E-state index contributed by atoms with van der Waals surface area (Å²) in [7, 11) is 0. The fraction of sp³-hybridized carbons (Fsp3) is 0.538. The lowest BCUT2D eigenvalue weighted by Gasteiger charge is -2.24. The second-order valence-electron chi connectivity index (χ2n) is 5.61. The molecule has 0 amide bonds. The Morgan fingerprint density at radius 3 is 2.81 bits per heavy atom. The van der Waals surface area contributed by atoms with Crippen molar-refractivity contribution >= 4 is 11.9 Å². The van der Waals surface area contributed by atoms with Crippen molar-refractivity contribution in [2.75, 3.05) is 24.2 Å². The van der Waals surface area contributed by atoms with Crippen LogP contribution in [0, 0.1) is 5.41 Å². The van der Waals surface area contributed by atoms with Crippen molar-refractivity contribution in [3.63, 3.8) is 0 Å². The molecule has 8 heteroatoms. The Kier molecular flexibility index (Phi) is 4.69. The first-order chi connectivity index (χ1) is 10.00. The van der Waals surface area contributed by atoms with E-state index in [0.717, 1.165) is 12.8 Å². The van der Waals surface area contributed by atoms with Crippen molar-refractivity contribution in [3.05, 3.63) is 18.5 Å². The Morgan fingerprint density at radius 2 is 2.14 bits per heavy atom. The van der Waals surface area contributed by atoms with Crippen LogP contribution in [0.3, 0.4) is 0 Å². The number of nitrogens with two attached hydrogens (primary N) is 1. The molecule has 0 aliphatic carbocycles. The molecule has 0 fully saturated rings. The highest BCUT2D eigenvalue weighted by atomic mass is 16.2. The zero-order chi connectivity index (χ0) is 15.3. The van der Waals surface area contributed by atoms with Gasteiger partial charge in [0.2, 0.25) is 11.9 Å². The predicted octanol–water partition coefficient (Wildman–Crippen LogP) is 0.850. The van der Waals surface area contributed by atoms with E-state index in [0.29, 0.717) is 18.4 Å². The molecule has 4 N–H and O–H groups in total. The molecule has 2 rings (SSSR count). The van der Waals surface area contributed by atoms with Crippen LogP contribution in [-0.4, -0.2) is 43.0 Å². The highest BCUT2D eigenvalue weighted by Gasteiger charge is 2.18.